The van der Waals surface area contributed by atoms with Crippen molar-refractivity contribution >= 4 is 18.0 Å². The number of rotatable bonds is 4. The largest absolute Gasteiger partial charge is 0.444 e. The highest BCUT2D eigenvalue weighted by Crippen LogP contribution is 2.26. The van der Waals surface area contributed by atoms with E-state index in [0.717, 1.165) is 32.2 Å². The SMILES string of the molecule is CCC1CC(=O)CCN1C(=O)OC(C)(C)C.CCC1CC(NC2CCCCC2)CCN1C(=O)OC(C)(C)C.NC1CCCCC1. The van der Waals surface area contributed by atoms with Gasteiger partial charge >= 0.3 is 12.2 Å². The average molecular weight is 637 g/mol. The molecule has 0 radical (unpaired) electrons. The van der Waals surface area contributed by atoms with Crippen LogP contribution in [-0.4, -0.2) is 82.3 Å². The van der Waals surface area contributed by atoms with E-state index in [1.807, 2.05) is 53.4 Å². The smallest absolute Gasteiger partial charge is 0.410 e. The van der Waals surface area contributed by atoms with Crippen LogP contribution in [0, 0.1) is 0 Å². The third-order valence-corrected chi connectivity index (χ3v) is 9.18. The van der Waals surface area contributed by atoms with Gasteiger partial charge in [-0.2, -0.15) is 0 Å². The number of ketones is 1. The van der Waals surface area contributed by atoms with Gasteiger partial charge in [0.05, 0.1) is 0 Å². The van der Waals surface area contributed by atoms with E-state index in [0.29, 0.717) is 43.6 Å². The van der Waals surface area contributed by atoms with Gasteiger partial charge in [-0.1, -0.05) is 52.4 Å². The van der Waals surface area contributed by atoms with Crippen molar-refractivity contribution in [1.82, 2.24) is 15.1 Å². The van der Waals surface area contributed by atoms with Crippen LogP contribution in [0.15, 0.2) is 0 Å². The third kappa shape index (κ3) is 15.5. The van der Waals surface area contributed by atoms with E-state index in [1.165, 1.54) is 64.2 Å². The number of carbonyl (C=O) groups is 3. The number of hydrogen-bond donors (Lipinski definition) is 2. The fourth-order valence-electron chi connectivity index (χ4n) is 6.72. The van der Waals surface area contributed by atoms with E-state index in [2.05, 4.69) is 12.2 Å². The Morgan fingerprint density at radius 1 is 0.733 bits per heavy atom. The molecule has 2 heterocycles. The predicted molar refractivity (Wildman–Crippen MR) is 182 cm³/mol. The molecule has 2 aliphatic carbocycles. The molecule has 45 heavy (non-hydrogen) atoms. The van der Waals surface area contributed by atoms with Crippen molar-refractivity contribution < 1.29 is 23.9 Å². The summed E-state index contributed by atoms with van der Waals surface area (Å²) >= 11 is 0. The van der Waals surface area contributed by atoms with Gasteiger partial charge in [-0.3, -0.25) is 4.79 Å². The van der Waals surface area contributed by atoms with Gasteiger partial charge in [0.15, 0.2) is 0 Å². The summed E-state index contributed by atoms with van der Waals surface area (Å²) in [6.45, 7) is 16.8. The molecule has 0 aromatic rings. The maximum atomic E-state index is 12.4. The van der Waals surface area contributed by atoms with Gasteiger partial charge in [0.25, 0.3) is 0 Å². The van der Waals surface area contributed by atoms with Crippen molar-refractivity contribution in [3.8, 4) is 0 Å². The van der Waals surface area contributed by atoms with Gasteiger partial charge in [0.2, 0.25) is 0 Å². The van der Waals surface area contributed by atoms with Crippen molar-refractivity contribution in [2.75, 3.05) is 13.1 Å². The summed E-state index contributed by atoms with van der Waals surface area (Å²) in [5, 5.41) is 3.85. The summed E-state index contributed by atoms with van der Waals surface area (Å²) < 4.78 is 10.9. The van der Waals surface area contributed by atoms with Crippen LogP contribution in [-0.2, 0) is 14.3 Å². The Morgan fingerprint density at radius 3 is 1.67 bits per heavy atom. The van der Waals surface area contributed by atoms with Crippen molar-refractivity contribution in [3.05, 3.63) is 0 Å². The average Bonchev–Trinajstić information content (AvgIpc) is 2.96. The Labute approximate surface area is 275 Å². The molecular formula is C36H68N4O5. The lowest BCUT2D eigenvalue weighted by Gasteiger charge is -2.41. The molecule has 4 rings (SSSR count). The first-order chi connectivity index (χ1) is 21.1. The Hall–Kier alpha value is -1.87. The minimum absolute atomic E-state index is 0.0103. The molecule has 2 amide bonds. The van der Waals surface area contributed by atoms with E-state index >= 15 is 0 Å². The van der Waals surface area contributed by atoms with Gasteiger partial charge < -0.3 is 30.3 Å². The number of hydrogen-bond acceptors (Lipinski definition) is 7. The molecule has 0 bridgehead atoms. The van der Waals surface area contributed by atoms with Crippen LogP contribution in [0.4, 0.5) is 9.59 Å². The zero-order valence-electron chi connectivity index (χ0n) is 30.1. The van der Waals surface area contributed by atoms with Crippen molar-refractivity contribution in [2.24, 2.45) is 5.73 Å². The molecule has 0 spiro atoms. The van der Waals surface area contributed by atoms with Crippen LogP contribution >= 0.6 is 0 Å². The van der Waals surface area contributed by atoms with Gasteiger partial charge in [0, 0.05) is 56.1 Å². The quantitative estimate of drug-likeness (QED) is 0.325. The topological polar surface area (TPSA) is 114 Å². The van der Waals surface area contributed by atoms with Crippen LogP contribution in [0.1, 0.15) is 158 Å². The monoisotopic (exact) mass is 637 g/mol. The fraction of sp³-hybridized carbons (Fsp3) is 0.917. The lowest BCUT2D eigenvalue weighted by Crippen LogP contribution is -2.53. The first-order valence-electron chi connectivity index (χ1n) is 18.1. The Balaban J connectivity index is 0.000000266. The lowest BCUT2D eigenvalue weighted by atomic mass is 9.91. The van der Waals surface area contributed by atoms with E-state index in [-0.39, 0.29) is 24.0 Å². The highest BCUT2D eigenvalue weighted by Gasteiger charge is 2.34. The summed E-state index contributed by atoms with van der Waals surface area (Å²) in [6, 6.07) is 2.12. The molecule has 2 saturated heterocycles. The number of nitrogens with zero attached hydrogens (tertiary/aromatic N) is 2. The molecule has 2 saturated carbocycles. The van der Waals surface area contributed by atoms with Crippen molar-refractivity contribution in [1.29, 1.82) is 0 Å². The number of ether oxygens (including phenoxy) is 2. The standard InChI is InChI=1S/C18H34N2O2.C12H21NO3.C6H13N/c1-5-16-13-15(19-14-9-7-6-8-10-14)11-12-20(16)17(21)22-18(2,3)4;1-5-9-8-10(14)6-7-13(9)11(15)16-12(2,3)4;7-6-4-2-1-3-5-6/h14-16,19H,5-13H2,1-4H3;9H,5-8H2,1-4H3;6H,1-5,7H2. The second-order valence-electron chi connectivity index (χ2n) is 15.6. The molecule has 4 fully saturated rings. The molecule has 4 aliphatic rings. The predicted octanol–water partition coefficient (Wildman–Crippen LogP) is 7.73. The van der Waals surface area contributed by atoms with E-state index in [4.69, 9.17) is 15.2 Å². The second kappa shape index (κ2) is 19.1. The second-order valence-corrected chi connectivity index (χ2v) is 15.6. The van der Waals surface area contributed by atoms with Gasteiger partial charge in [-0.25, -0.2) is 9.59 Å². The first kappa shape index (κ1) is 39.3. The minimum Gasteiger partial charge on any atom is -0.444 e. The summed E-state index contributed by atoms with van der Waals surface area (Å²) in [4.78, 5) is 39.2. The highest BCUT2D eigenvalue weighted by atomic mass is 16.6. The maximum absolute atomic E-state index is 12.4. The molecule has 262 valence electrons. The third-order valence-electron chi connectivity index (χ3n) is 9.18. The van der Waals surface area contributed by atoms with E-state index in [9.17, 15) is 14.4 Å². The molecule has 2 aliphatic heterocycles. The molecule has 0 aromatic carbocycles. The summed E-state index contributed by atoms with van der Waals surface area (Å²) in [5.41, 5.74) is 4.75. The molecule has 3 N–H and O–H groups in total. The number of carbonyl (C=O) groups excluding carboxylic acids is 3. The molecule has 9 heteroatoms. The minimum atomic E-state index is -0.475. The normalized spacial score (nSPS) is 25.4. The lowest BCUT2D eigenvalue weighted by molar-refractivity contribution is -0.122. The Morgan fingerprint density at radius 2 is 1.22 bits per heavy atom. The van der Waals surface area contributed by atoms with Crippen molar-refractivity contribution in [3.63, 3.8) is 0 Å². The van der Waals surface area contributed by atoms with Gasteiger partial charge in [0.1, 0.15) is 17.0 Å². The van der Waals surface area contributed by atoms with Crippen molar-refractivity contribution in [2.45, 2.75) is 200 Å². The number of piperidine rings is 2. The fourth-order valence-corrected chi connectivity index (χ4v) is 6.72. The van der Waals surface area contributed by atoms with Crippen LogP contribution in [0.5, 0.6) is 0 Å². The highest BCUT2D eigenvalue weighted by molar-refractivity contribution is 5.82. The van der Waals surface area contributed by atoms with Crippen LogP contribution in [0.25, 0.3) is 0 Å². The van der Waals surface area contributed by atoms with E-state index in [1.54, 1.807) is 4.90 Å². The first-order valence-corrected chi connectivity index (χ1v) is 18.1. The Bertz CT molecular complexity index is 887. The number of nitrogens with two attached hydrogens (primary N) is 1. The van der Waals surface area contributed by atoms with Crippen LogP contribution in [0.2, 0.25) is 0 Å². The maximum Gasteiger partial charge on any atom is 0.410 e. The summed E-state index contributed by atoms with van der Waals surface area (Å²) in [5.74, 6) is 0.242. The van der Waals surface area contributed by atoms with Gasteiger partial charge in [-0.05, 0) is 92.9 Å². The molecule has 3 atom stereocenters. The van der Waals surface area contributed by atoms with Gasteiger partial charge in [-0.15, -0.1) is 0 Å². The van der Waals surface area contributed by atoms with Crippen LogP contribution in [0.3, 0.4) is 0 Å². The molecular weight excluding hydrogens is 568 g/mol. The Kier molecular flexibility index (Phi) is 16.7. The number of nitrogens with one attached hydrogen (secondary N) is 1. The zero-order chi connectivity index (χ0) is 33.6. The van der Waals surface area contributed by atoms with E-state index < -0.39 is 11.2 Å². The zero-order valence-corrected chi connectivity index (χ0v) is 30.1. The number of Topliss-reactive ketones (excluding diaryl/α,β-unsaturated/α-hetero) is 1. The van der Waals surface area contributed by atoms with Crippen LogP contribution < -0.4 is 11.1 Å². The molecule has 9 nitrogen and oxygen atoms in total. The molecule has 0 aromatic heterocycles. The molecule has 3 unspecified atom stereocenters. The number of amides is 2. The summed E-state index contributed by atoms with van der Waals surface area (Å²) in [7, 11) is 0. The number of likely N-dealkylation sites (tertiary alicyclic amines) is 2. The summed E-state index contributed by atoms with van der Waals surface area (Å²) in [6.07, 6.45) is 17.8.